The van der Waals surface area contributed by atoms with E-state index in [0.29, 0.717) is 5.56 Å². The largest absolute Gasteiger partial charge is 0.480 e. The van der Waals surface area contributed by atoms with Crippen molar-refractivity contribution in [1.29, 1.82) is 0 Å². The van der Waals surface area contributed by atoms with Crippen LogP contribution in [0.2, 0.25) is 0 Å². The first-order valence-corrected chi connectivity index (χ1v) is 3.65. The number of carbonyl (C=O) groups is 1. The summed E-state index contributed by atoms with van der Waals surface area (Å²) in [7, 11) is 2.89. The van der Waals surface area contributed by atoms with E-state index in [4.69, 9.17) is 9.47 Å². The van der Waals surface area contributed by atoms with Gasteiger partial charge in [-0.2, -0.15) is 4.98 Å². The second-order valence-corrected chi connectivity index (χ2v) is 2.34. The van der Waals surface area contributed by atoms with E-state index in [9.17, 15) is 4.79 Å². The van der Waals surface area contributed by atoms with Crippen molar-refractivity contribution in [3.05, 3.63) is 11.8 Å². The second-order valence-electron chi connectivity index (χ2n) is 2.34. The number of Topliss-reactive ketones (excluding diaryl/α,β-unsaturated/α-hetero) is 1. The maximum Gasteiger partial charge on any atom is 0.319 e. The first-order valence-electron chi connectivity index (χ1n) is 3.65. The normalized spacial score (nSPS) is 9.46. The van der Waals surface area contributed by atoms with E-state index in [1.165, 1.54) is 27.3 Å². The van der Waals surface area contributed by atoms with E-state index in [1.54, 1.807) is 0 Å². The summed E-state index contributed by atoms with van der Waals surface area (Å²) in [4.78, 5) is 18.7. The van der Waals surface area contributed by atoms with E-state index >= 15 is 0 Å². The van der Waals surface area contributed by atoms with Crippen LogP contribution in [0.5, 0.6) is 11.9 Å². The molecular formula is C8H10N2O3. The fourth-order valence-electron chi connectivity index (χ4n) is 0.846. The molecule has 0 saturated heterocycles. The maximum absolute atomic E-state index is 11.0. The Balaban J connectivity index is 3.15. The third-order valence-electron chi connectivity index (χ3n) is 1.49. The molecule has 70 valence electrons. The molecule has 0 saturated carbocycles. The number of hydrogen-bond acceptors (Lipinski definition) is 5. The minimum atomic E-state index is -0.139. The van der Waals surface area contributed by atoms with Gasteiger partial charge in [0.2, 0.25) is 5.88 Å². The monoisotopic (exact) mass is 182 g/mol. The summed E-state index contributed by atoms with van der Waals surface area (Å²) in [5.41, 5.74) is 0.350. The van der Waals surface area contributed by atoms with Gasteiger partial charge in [0.1, 0.15) is 0 Å². The lowest BCUT2D eigenvalue weighted by atomic mass is 10.2. The molecule has 0 bridgehead atoms. The number of methoxy groups -OCH3 is 2. The van der Waals surface area contributed by atoms with E-state index in [-0.39, 0.29) is 17.7 Å². The van der Waals surface area contributed by atoms with Crippen molar-refractivity contribution in [3.8, 4) is 11.9 Å². The number of hydrogen-bond donors (Lipinski definition) is 0. The van der Waals surface area contributed by atoms with Crippen LogP contribution < -0.4 is 9.47 Å². The standard InChI is InChI=1S/C8H10N2O3/c1-5(11)6-4-9-8(13-3)10-7(6)12-2/h4H,1-3H3. The van der Waals surface area contributed by atoms with Crippen LogP contribution in [0.1, 0.15) is 17.3 Å². The van der Waals surface area contributed by atoms with Gasteiger partial charge in [-0.15, -0.1) is 0 Å². The molecule has 0 amide bonds. The third-order valence-corrected chi connectivity index (χ3v) is 1.49. The summed E-state index contributed by atoms with van der Waals surface area (Å²) in [6.45, 7) is 1.42. The molecule has 1 aromatic rings. The minimum absolute atomic E-state index is 0.139. The van der Waals surface area contributed by atoms with E-state index in [0.717, 1.165) is 0 Å². The van der Waals surface area contributed by atoms with Crippen molar-refractivity contribution in [2.24, 2.45) is 0 Å². The van der Waals surface area contributed by atoms with Gasteiger partial charge in [0.15, 0.2) is 5.78 Å². The van der Waals surface area contributed by atoms with Crippen molar-refractivity contribution in [3.63, 3.8) is 0 Å². The van der Waals surface area contributed by atoms with Crippen LogP contribution in [0.25, 0.3) is 0 Å². The predicted octanol–water partition coefficient (Wildman–Crippen LogP) is 0.696. The highest BCUT2D eigenvalue weighted by Crippen LogP contribution is 2.16. The lowest BCUT2D eigenvalue weighted by molar-refractivity contribution is 0.101. The molecule has 0 aliphatic rings. The molecule has 0 unspecified atom stereocenters. The van der Waals surface area contributed by atoms with Gasteiger partial charge in [-0.05, 0) is 6.92 Å². The van der Waals surface area contributed by atoms with Crippen LogP contribution in [0.15, 0.2) is 6.20 Å². The average molecular weight is 182 g/mol. The zero-order valence-electron chi connectivity index (χ0n) is 7.70. The highest BCUT2D eigenvalue weighted by molar-refractivity contribution is 5.95. The van der Waals surface area contributed by atoms with Crippen LogP contribution in [0, 0.1) is 0 Å². The molecular weight excluding hydrogens is 172 g/mol. The number of aromatic nitrogens is 2. The van der Waals surface area contributed by atoms with Gasteiger partial charge in [0.05, 0.1) is 19.8 Å². The summed E-state index contributed by atoms with van der Waals surface area (Å²) in [5.74, 6) is 0.0962. The summed E-state index contributed by atoms with van der Waals surface area (Å²) in [5, 5.41) is 0. The first kappa shape index (κ1) is 9.44. The van der Waals surface area contributed by atoms with Crippen LogP contribution >= 0.6 is 0 Å². The summed E-state index contributed by atoms with van der Waals surface area (Å²) in [6, 6.07) is 0.182. The average Bonchev–Trinajstić information content (AvgIpc) is 2.16. The third kappa shape index (κ3) is 1.93. The number of rotatable bonds is 3. The maximum atomic E-state index is 11.0. The summed E-state index contributed by atoms with van der Waals surface area (Å²) < 4.78 is 9.68. The Morgan fingerprint density at radius 2 is 2.08 bits per heavy atom. The molecule has 5 heteroatoms. The van der Waals surface area contributed by atoms with Gasteiger partial charge in [-0.3, -0.25) is 4.79 Å². The zero-order valence-corrected chi connectivity index (χ0v) is 7.70. The van der Waals surface area contributed by atoms with Gasteiger partial charge in [0, 0.05) is 6.20 Å². The van der Waals surface area contributed by atoms with Gasteiger partial charge in [0.25, 0.3) is 0 Å². The van der Waals surface area contributed by atoms with E-state index in [1.807, 2.05) is 0 Å². The molecule has 1 heterocycles. The summed E-state index contributed by atoms with van der Waals surface area (Å²) >= 11 is 0. The molecule has 1 aromatic heterocycles. The van der Waals surface area contributed by atoms with Crippen molar-refractivity contribution >= 4 is 5.78 Å². The molecule has 0 aromatic carbocycles. The van der Waals surface area contributed by atoms with Crippen molar-refractivity contribution in [1.82, 2.24) is 9.97 Å². The fourth-order valence-corrected chi connectivity index (χ4v) is 0.846. The molecule has 0 spiro atoms. The Kier molecular flexibility index (Phi) is 2.79. The van der Waals surface area contributed by atoms with Crippen molar-refractivity contribution < 1.29 is 14.3 Å². The molecule has 0 atom stereocenters. The van der Waals surface area contributed by atoms with Gasteiger partial charge in [-0.25, -0.2) is 4.98 Å². The predicted molar refractivity (Wildman–Crippen MR) is 45.1 cm³/mol. The number of carbonyl (C=O) groups excluding carboxylic acids is 1. The molecule has 13 heavy (non-hydrogen) atoms. The SMILES string of the molecule is COc1ncc(C(C)=O)c(OC)n1. The Bertz CT molecular complexity index is 325. The first-order chi connectivity index (χ1) is 6.19. The smallest absolute Gasteiger partial charge is 0.319 e. The zero-order chi connectivity index (χ0) is 9.84. The molecule has 0 aliphatic heterocycles. The highest BCUT2D eigenvalue weighted by Gasteiger charge is 2.11. The Labute approximate surface area is 75.7 Å². The molecule has 0 N–H and O–H groups in total. The highest BCUT2D eigenvalue weighted by atomic mass is 16.5. The van der Waals surface area contributed by atoms with Crippen molar-refractivity contribution in [2.75, 3.05) is 14.2 Å². The Morgan fingerprint density at radius 3 is 2.54 bits per heavy atom. The number of ketones is 1. The lowest BCUT2D eigenvalue weighted by Crippen LogP contribution is -2.03. The fraction of sp³-hybridized carbons (Fsp3) is 0.375. The van der Waals surface area contributed by atoms with Gasteiger partial charge < -0.3 is 9.47 Å². The lowest BCUT2D eigenvalue weighted by Gasteiger charge is -2.04. The van der Waals surface area contributed by atoms with Crippen LogP contribution in [-0.2, 0) is 0 Å². The molecule has 0 radical (unpaired) electrons. The molecule has 1 rings (SSSR count). The van der Waals surface area contributed by atoms with E-state index in [2.05, 4.69) is 9.97 Å². The summed E-state index contributed by atoms with van der Waals surface area (Å²) in [6.07, 6.45) is 1.38. The molecule has 0 aliphatic carbocycles. The Morgan fingerprint density at radius 1 is 1.38 bits per heavy atom. The minimum Gasteiger partial charge on any atom is -0.480 e. The van der Waals surface area contributed by atoms with Crippen LogP contribution in [0.3, 0.4) is 0 Å². The topological polar surface area (TPSA) is 61.3 Å². The van der Waals surface area contributed by atoms with Crippen LogP contribution in [-0.4, -0.2) is 30.0 Å². The number of nitrogens with zero attached hydrogens (tertiary/aromatic N) is 2. The Hall–Kier alpha value is -1.65. The molecule has 0 fully saturated rings. The number of ether oxygens (including phenoxy) is 2. The van der Waals surface area contributed by atoms with Gasteiger partial charge >= 0.3 is 6.01 Å². The molecule has 5 nitrogen and oxygen atoms in total. The quantitative estimate of drug-likeness (QED) is 0.644. The van der Waals surface area contributed by atoms with Gasteiger partial charge in [-0.1, -0.05) is 0 Å². The van der Waals surface area contributed by atoms with Crippen molar-refractivity contribution in [2.45, 2.75) is 6.92 Å². The van der Waals surface area contributed by atoms with Crippen LogP contribution in [0.4, 0.5) is 0 Å². The van der Waals surface area contributed by atoms with E-state index < -0.39 is 0 Å². The second kappa shape index (κ2) is 3.84.